The van der Waals surface area contributed by atoms with Gasteiger partial charge in [0.2, 0.25) is 0 Å². The van der Waals surface area contributed by atoms with Gasteiger partial charge >= 0.3 is 0 Å². The van der Waals surface area contributed by atoms with Crippen LogP contribution in [0, 0.1) is 11.8 Å². The zero-order valence-corrected chi connectivity index (χ0v) is 9.99. The number of benzene rings is 1. The molecule has 0 fully saturated rings. The van der Waals surface area contributed by atoms with Crippen molar-refractivity contribution in [3.05, 3.63) is 35.9 Å². The fourth-order valence-corrected chi connectivity index (χ4v) is 1.56. The van der Waals surface area contributed by atoms with Crippen LogP contribution in [0.1, 0.15) is 27.7 Å². The molecule has 0 bridgehead atoms. The van der Waals surface area contributed by atoms with Gasteiger partial charge < -0.3 is 0 Å². The predicted octanol–water partition coefficient (Wildman–Crippen LogP) is 4.23. The maximum absolute atomic E-state index is 4.36. The third kappa shape index (κ3) is 3.73. The Morgan fingerprint density at radius 2 is 1.53 bits per heavy atom. The predicted molar refractivity (Wildman–Crippen MR) is 66.7 cm³/mol. The minimum absolute atomic E-state index is 0.512. The normalized spacial score (nSPS) is 10.3. The summed E-state index contributed by atoms with van der Waals surface area (Å²) < 4.78 is 0. The van der Waals surface area contributed by atoms with Crippen LogP contribution >= 0.6 is 0 Å². The van der Waals surface area contributed by atoms with Crippen molar-refractivity contribution >= 4 is 11.6 Å². The Morgan fingerprint density at radius 3 is 2.00 bits per heavy atom. The third-order valence-electron chi connectivity index (χ3n) is 2.31. The Bertz CT molecular complexity index is 344. The zero-order chi connectivity index (χ0) is 11.3. The molecule has 0 aliphatic heterocycles. The molecule has 0 saturated heterocycles. The molecule has 0 saturated carbocycles. The molecule has 0 radical (unpaired) electrons. The molecule has 1 aromatic rings. The minimum atomic E-state index is 0.512. The number of rotatable bonds is 3. The highest BCUT2D eigenvalue weighted by atomic mass is 14.7. The number of aliphatic imine (C=N–C) groups is 1. The van der Waals surface area contributed by atoms with E-state index >= 15 is 0 Å². The molecular weight excluding hydrogens is 182 g/mol. The molecular formula is C14H19N. The quantitative estimate of drug-likeness (QED) is 0.649. The van der Waals surface area contributed by atoms with E-state index in [2.05, 4.69) is 38.6 Å². The molecule has 0 amide bonds. The second kappa shape index (κ2) is 5.53. The first-order chi connectivity index (χ1) is 7.11. The number of nitrogens with zero attached hydrogens (tertiary/aromatic N) is 1. The van der Waals surface area contributed by atoms with Crippen molar-refractivity contribution in [3.63, 3.8) is 0 Å². The van der Waals surface area contributed by atoms with E-state index in [1.54, 1.807) is 0 Å². The van der Waals surface area contributed by atoms with Crippen molar-refractivity contribution in [2.24, 2.45) is 16.8 Å². The smallest absolute Gasteiger partial charge is 0.0729 e. The molecule has 0 heterocycles. The Kier molecular flexibility index (Phi) is 4.33. The summed E-state index contributed by atoms with van der Waals surface area (Å²) in [6.07, 6.45) is 0. The number of allylic oxidation sites excluding steroid dienone is 1. The Balaban J connectivity index is 2.98. The van der Waals surface area contributed by atoms with Crippen LogP contribution in [0.25, 0.3) is 0 Å². The standard InChI is InChI=1S/C14H19N/c1-11(2)14(12(3)4)10-15-13-8-6-5-7-9-13/h5-9,11-12H,1-4H3. The molecule has 0 atom stereocenters. The largest absolute Gasteiger partial charge is 0.206 e. The maximum Gasteiger partial charge on any atom is 0.0729 e. The second-order valence-electron chi connectivity index (χ2n) is 4.32. The number of para-hydroxylation sites is 1. The van der Waals surface area contributed by atoms with E-state index in [-0.39, 0.29) is 0 Å². The molecule has 1 rings (SSSR count). The van der Waals surface area contributed by atoms with Crippen molar-refractivity contribution in [1.29, 1.82) is 0 Å². The Hall–Kier alpha value is -1.33. The average molecular weight is 201 g/mol. The van der Waals surface area contributed by atoms with Crippen LogP contribution in [-0.2, 0) is 0 Å². The van der Waals surface area contributed by atoms with Crippen LogP contribution in [0.5, 0.6) is 0 Å². The van der Waals surface area contributed by atoms with Crippen molar-refractivity contribution < 1.29 is 0 Å². The zero-order valence-electron chi connectivity index (χ0n) is 9.99. The SMILES string of the molecule is CC(C)C(=C=Nc1ccccc1)C(C)C. The van der Waals surface area contributed by atoms with Crippen LogP contribution in [-0.4, -0.2) is 5.87 Å². The van der Waals surface area contributed by atoms with Crippen LogP contribution < -0.4 is 0 Å². The van der Waals surface area contributed by atoms with Crippen molar-refractivity contribution in [3.8, 4) is 0 Å². The van der Waals surface area contributed by atoms with Crippen molar-refractivity contribution in [2.75, 3.05) is 0 Å². The van der Waals surface area contributed by atoms with Gasteiger partial charge in [0.1, 0.15) is 0 Å². The van der Waals surface area contributed by atoms with Crippen LogP contribution in [0.3, 0.4) is 0 Å². The summed E-state index contributed by atoms with van der Waals surface area (Å²) in [5.41, 5.74) is 2.25. The molecule has 0 N–H and O–H groups in total. The van der Waals surface area contributed by atoms with Gasteiger partial charge in [0, 0.05) is 0 Å². The number of hydrogen-bond acceptors (Lipinski definition) is 1. The minimum Gasteiger partial charge on any atom is -0.206 e. The fourth-order valence-electron chi connectivity index (χ4n) is 1.56. The summed E-state index contributed by atoms with van der Waals surface area (Å²) in [4.78, 5) is 4.36. The molecule has 80 valence electrons. The van der Waals surface area contributed by atoms with Gasteiger partial charge in [0.05, 0.1) is 5.69 Å². The van der Waals surface area contributed by atoms with Crippen LogP contribution in [0.15, 0.2) is 40.9 Å². The van der Waals surface area contributed by atoms with Gasteiger partial charge in [-0.2, -0.15) is 0 Å². The Morgan fingerprint density at radius 1 is 1.00 bits per heavy atom. The summed E-state index contributed by atoms with van der Waals surface area (Å²) >= 11 is 0. The van der Waals surface area contributed by atoms with Gasteiger partial charge in [-0.3, -0.25) is 0 Å². The first-order valence-corrected chi connectivity index (χ1v) is 5.49. The first kappa shape index (κ1) is 11.7. The lowest BCUT2D eigenvalue weighted by molar-refractivity contribution is 0.637. The molecule has 1 nitrogen and oxygen atoms in total. The molecule has 0 aromatic heterocycles. The van der Waals surface area contributed by atoms with E-state index in [0.29, 0.717) is 11.8 Å². The van der Waals surface area contributed by atoms with E-state index in [9.17, 15) is 0 Å². The molecule has 0 aliphatic rings. The van der Waals surface area contributed by atoms with Gasteiger partial charge in [-0.05, 0) is 35.4 Å². The average Bonchev–Trinajstić information content (AvgIpc) is 2.18. The lowest BCUT2D eigenvalue weighted by Gasteiger charge is -2.10. The molecule has 0 aliphatic carbocycles. The molecule has 1 heteroatoms. The van der Waals surface area contributed by atoms with E-state index in [1.807, 2.05) is 30.3 Å². The molecule has 1 aromatic carbocycles. The van der Waals surface area contributed by atoms with Crippen LogP contribution in [0.4, 0.5) is 5.69 Å². The van der Waals surface area contributed by atoms with Gasteiger partial charge in [-0.25, -0.2) is 4.99 Å². The first-order valence-electron chi connectivity index (χ1n) is 5.49. The van der Waals surface area contributed by atoms with Crippen LogP contribution in [0.2, 0.25) is 0 Å². The monoisotopic (exact) mass is 201 g/mol. The lowest BCUT2D eigenvalue weighted by Crippen LogP contribution is -2.02. The van der Waals surface area contributed by atoms with Crippen molar-refractivity contribution in [2.45, 2.75) is 27.7 Å². The second-order valence-corrected chi connectivity index (χ2v) is 4.32. The van der Waals surface area contributed by atoms with E-state index in [4.69, 9.17) is 0 Å². The highest BCUT2D eigenvalue weighted by molar-refractivity contribution is 5.63. The van der Waals surface area contributed by atoms with E-state index in [0.717, 1.165) is 5.69 Å². The topological polar surface area (TPSA) is 12.4 Å². The molecule has 0 spiro atoms. The lowest BCUT2D eigenvalue weighted by atomic mass is 9.94. The summed E-state index contributed by atoms with van der Waals surface area (Å²) in [5, 5.41) is 0. The molecule has 15 heavy (non-hydrogen) atoms. The maximum atomic E-state index is 4.36. The Labute approximate surface area is 92.6 Å². The number of hydrogen-bond donors (Lipinski definition) is 0. The van der Waals surface area contributed by atoms with Gasteiger partial charge in [0.25, 0.3) is 0 Å². The fraction of sp³-hybridized carbons (Fsp3) is 0.429. The summed E-state index contributed by atoms with van der Waals surface area (Å²) in [5.74, 6) is 4.20. The van der Waals surface area contributed by atoms with E-state index < -0.39 is 0 Å². The van der Waals surface area contributed by atoms with Crippen molar-refractivity contribution in [1.82, 2.24) is 0 Å². The van der Waals surface area contributed by atoms with E-state index in [1.165, 1.54) is 5.57 Å². The highest BCUT2D eigenvalue weighted by Gasteiger charge is 2.06. The third-order valence-corrected chi connectivity index (χ3v) is 2.31. The van der Waals surface area contributed by atoms with Gasteiger partial charge in [-0.15, -0.1) is 0 Å². The molecule has 0 unspecified atom stereocenters. The summed E-state index contributed by atoms with van der Waals surface area (Å²) in [7, 11) is 0. The highest BCUT2D eigenvalue weighted by Crippen LogP contribution is 2.17. The van der Waals surface area contributed by atoms with Gasteiger partial charge in [-0.1, -0.05) is 45.9 Å². The van der Waals surface area contributed by atoms with Gasteiger partial charge in [0.15, 0.2) is 0 Å². The summed E-state index contributed by atoms with van der Waals surface area (Å²) in [6.45, 7) is 8.73. The summed E-state index contributed by atoms with van der Waals surface area (Å²) in [6, 6.07) is 9.96.